The van der Waals surface area contributed by atoms with E-state index in [1.807, 2.05) is 25.1 Å². The molecule has 0 atom stereocenters. The van der Waals surface area contributed by atoms with Crippen LogP contribution < -0.4 is 10.6 Å². The van der Waals surface area contributed by atoms with Gasteiger partial charge in [-0.25, -0.2) is 9.97 Å². The quantitative estimate of drug-likeness (QED) is 0.597. The third kappa shape index (κ3) is 5.35. The Balaban J connectivity index is 1.74. The van der Waals surface area contributed by atoms with Gasteiger partial charge in [0, 0.05) is 41.9 Å². The first-order chi connectivity index (χ1) is 14.1. The third-order valence-corrected chi connectivity index (χ3v) is 4.20. The standard InChI is InChI=1S/C21H21N5O3/c1-14-5-6-15(20(28)23-11-8-19(27)29-2)12-18(14)26-21-24-10-7-17(25-21)16-4-3-9-22-13-16/h3-7,9-10,12-13H,8,11H2,1-2H3,(H,23,28)(H,24,25,26). The third-order valence-electron chi connectivity index (χ3n) is 4.20. The number of pyridine rings is 1. The van der Waals surface area contributed by atoms with Gasteiger partial charge in [-0.1, -0.05) is 6.07 Å². The van der Waals surface area contributed by atoms with Gasteiger partial charge in [-0.2, -0.15) is 0 Å². The van der Waals surface area contributed by atoms with E-state index in [9.17, 15) is 9.59 Å². The number of ether oxygens (including phenoxy) is 1. The Morgan fingerprint density at radius 3 is 2.76 bits per heavy atom. The molecule has 0 radical (unpaired) electrons. The lowest BCUT2D eigenvalue weighted by atomic mass is 10.1. The average molecular weight is 391 g/mol. The second kappa shape index (κ2) is 9.41. The zero-order valence-electron chi connectivity index (χ0n) is 16.2. The molecule has 0 aliphatic heterocycles. The Labute approximate surface area is 168 Å². The molecule has 1 aromatic carbocycles. The summed E-state index contributed by atoms with van der Waals surface area (Å²) in [5.41, 5.74) is 3.74. The number of benzene rings is 1. The number of nitrogens with one attached hydrogen (secondary N) is 2. The molecule has 0 unspecified atom stereocenters. The predicted molar refractivity (Wildman–Crippen MR) is 109 cm³/mol. The normalized spacial score (nSPS) is 10.3. The van der Waals surface area contributed by atoms with Crippen LogP contribution in [0.1, 0.15) is 22.3 Å². The van der Waals surface area contributed by atoms with Crippen molar-refractivity contribution in [2.24, 2.45) is 0 Å². The minimum absolute atomic E-state index is 0.119. The SMILES string of the molecule is COC(=O)CCNC(=O)c1ccc(C)c(Nc2nccc(-c3cccnc3)n2)c1. The van der Waals surface area contributed by atoms with E-state index in [1.54, 1.807) is 36.8 Å². The summed E-state index contributed by atoms with van der Waals surface area (Å²) in [5.74, 6) is -0.234. The van der Waals surface area contributed by atoms with Crippen LogP contribution in [0.25, 0.3) is 11.3 Å². The van der Waals surface area contributed by atoms with E-state index in [2.05, 4.69) is 30.3 Å². The molecule has 1 amide bonds. The van der Waals surface area contributed by atoms with E-state index in [0.717, 1.165) is 16.8 Å². The smallest absolute Gasteiger partial charge is 0.307 e. The first kappa shape index (κ1) is 19.9. The van der Waals surface area contributed by atoms with Crippen LogP contribution in [0, 0.1) is 6.92 Å². The van der Waals surface area contributed by atoms with Crippen molar-refractivity contribution in [1.29, 1.82) is 0 Å². The lowest BCUT2D eigenvalue weighted by molar-refractivity contribution is -0.140. The first-order valence-corrected chi connectivity index (χ1v) is 9.03. The highest BCUT2D eigenvalue weighted by Crippen LogP contribution is 2.22. The number of aromatic nitrogens is 3. The summed E-state index contributed by atoms with van der Waals surface area (Å²) >= 11 is 0. The number of methoxy groups -OCH3 is 1. The molecule has 0 saturated carbocycles. The predicted octanol–water partition coefficient (Wildman–Crippen LogP) is 2.88. The van der Waals surface area contributed by atoms with Crippen molar-refractivity contribution < 1.29 is 14.3 Å². The van der Waals surface area contributed by atoms with Crippen LogP contribution in [0.2, 0.25) is 0 Å². The highest BCUT2D eigenvalue weighted by Gasteiger charge is 2.10. The minimum Gasteiger partial charge on any atom is -0.469 e. The number of nitrogens with zero attached hydrogens (tertiary/aromatic N) is 3. The number of aryl methyl sites for hydroxylation is 1. The zero-order chi connectivity index (χ0) is 20.6. The second-order valence-corrected chi connectivity index (χ2v) is 6.24. The largest absolute Gasteiger partial charge is 0.469 e. The van der Waals surface area contributed by atoms with Gasteiger partial charge in [0.1, 0.15) is 0 Å². The highest BCUT2D eigenvalue weighted by molar-refractivity contribution is 5.95. The Hall–Kier alpha value is -3.81. The van der Waals surface area contributed by atoms with Gasteiger partial charge >= 0.3 is 5.97 Å². The molecule has 0 aliphatic rings. The Kier molecular flexibility index (Phi) is 6.47. The Bertz CT molecular complexity index is 1010. The number of rotatable bonds is 7. The van der Waals surface area contributed by atoms with Crippen molar-refractivity contribution >= 4 is 23.5 Å². The summed E-state index contributed by atoms with van der Waals surface area (Å²) in [6.07, 6.45) is 5.22. The van der Waals surface area contributed by atoms with Gasteiger partial charge < -0.3 is 15.4 Å². The van der Waals surface area contributed by atoms with E-state index in [-0.39, 0.29) is 24.8 Å². The van der Waals surface area contributed by atoms with Crippen molar-refractivity contribution in [3.05, 3.63) is 66.1 Å². The minimum atomic E-state index is -0.373. The average Bonchev–Trinajstić information content (AvgIpc) is 2.76. The molecule has 2 N–H and O–H groups in total. The van der Waals surface area contributed by atoms with E-state index in [0.29, 0.717) is 17.2 Å². The number of carbonyl (C=O) groups is 2. The molecular formula is C21H21N5O3. The number of hydrogen-bond acceptors (Lipinski definition) is 7. The molecule has 0 saturated heterocycles. The van der Waals surface area contributed by atoms with Gasteiger partial charge in [0.2, 0.25) is 5.95 Å². The molecule has 29 heavy (non-hydrogen) atoms. The van der Waals surface area contributed by atoms with Crippen LogP contribution >= 0.6 is 0 Å². The van der Waals surface area contributed by atoms with Gasteiger partial charge in [0.15, 0.2) is 0 Å². The molecule has 8 heteroatoms. The number of anilines is 2. The molecule has 2 aromatic heterocycles. The van der Waals surface area contributed by atoms with Crippen molar-refractivity contribution in [3.63, 3.8) is 0 Å². The summed E-state index contributed by atoms with van der Waals surface area (Å²) in [5, 5.41) is 5.86. The molecule has 0 fully saturated rings. The molecule has 0 bridgehead atoms. The molecule has 8 nitrogen and oxygen atoms in total. The van der Waals surface area contributed by atoms with Gasteiger partial charge in [0.25, 0.3) is 5.91 Å². The number of hydrogen-bond donors (Lipinski definition) is 2. The first-order valence-electron chi connectivity index (χ1n) is 9.03. The van der Waals surface area contributed by atoms with Crippen molar-refractivity contribution in [3.8, 4) is 11.3 Å². The highest BCUT2D eigenvalue weighted by atomic mass is 16.5. The summed E-state index contributed by atoms with van der Waals surface area (Å²) in [7, 11) is 1.31. The number of carbonyl (C=O) groups excluding carboxylic acids is 2. The fourth-order valence-electron chi connectivity index (χ4n) is 2.59. The van der Waals surface area contributed by atoms with Crippen LogP contribution in [0.5, 0.6) is 0 Å². The Morgan fingerprint density at radius 1 is 1.14 bits per heavy atom. The zero-order valence-corrected chi connectivity index (χ0v) is 16.2. The Morgan fingerprint density at radius 2 is 2.00 bits per heavy atom. The van der Waals surface area contributed by atoms with E-state index in [4.69, 9.17) is 0 Å². The summed E-state index contributed by atoms with van der Waals surface area (Å²) in [4.78, 5) is 36.4. The van der Waals surface area contributed by atoms with Gasteiger partial charge in [0.05, 0.1) is 19.2 Å². The maximum Gasteiger partial charge on any atom is 0.307 e. The summed E-state index contributed by atoms with van der Waals surface area (Å²) in [6, 6.07) is 10.9. The molecule has 0 aliphatic carbocycles. The van der Waals surface area contributed by atoms with Crippen molar-refractivity contribution in [2.45, 2.75) is 13.3 Å². The molecular weight excluding hydrogens is 370 g/mol. The lowest BCUT2D eigenvalue weighted by Crippen LogP contribution is -2.26. The van der Waals surface area contributed by atoms with E-state index in [1.165, 1.54) is 7.11 Å². The maximum atomic E-state index is 12.3. The van der Waals surface area contributed by atoms with Crippen LogP contribution in [0.3, 0.4) is 0 Å². The molecule has 3 rings (SSSR count). The fraction of sp³-hybridized carbons (Fsp3) is 0.190. The van der Waals surface area contributed by atoms with E-state index < -0.39 is 0 Å². The summed E-state index contributed by atoms with van der Waals surface area (Å²) in [6.45, 7) is 2.13. The lowest BCUT2D eigenvalue weighted by Gasteiger charge is -2.11. The summed E-state index contributed by atoms with van der Waals surface area (Å²) < 4.78 is 4.56. The van der Waals surface area contributed by atoms with Crippen molar-refractivity contribution in [2.75, 3.05) is 19.0 Å². The second-order valence-electron chi connectivity index (χ2n) is 6.24. The molecule has 148 valence electrons. The van der Waals surface area contributed by atoms with Crippen molar-refractivity contribution in [1.82, 2.24) is 20.3 Å². The van der Waals surface area contributed by atoms with Gasteiger partial charge in [-0.15, -0.1) is 0 Å². The number of esters is 1. The van der Waals surface area contributed by atoms with Crippen LogP contribution in [-0.2, 0) is 9.53 Å². The molecule has 2 heterocycles. The van der Waals surface area contributed by atoms with Crippen LogP contribution in [0.4, 0.5) is 11.6 Å². The van der Waals surface area contributed by atoms with Crippen LogP contribution in [0.15, 0.2) is 55.0 Å². The van der Waals surface area contributed by atoms with E-state index >= 15 is 0 Å². The van der Waals surface area contributed by atoms with Gasteiger partial charge in [-0.3, -0.25) is 14.6 Å². The van der Waals surface area contributed by atoms with Gasteiger partial charge in [-0.05, 0) is 42.8 Å². The fourth-order valence-corrected chi connectivity index (χ4v) is 2.59. The monoisotopic (exact) mass is 391 g/mol. The molecule has 3 aromatic rings. The van der Waals surface area contributed by atoms with Crippen LogP contribution in [-0.4, -0.2) is 40.5 Å². The number of amides is 1. The maximum absolute atomic E-state index is 12.3. The topological polar surface area (TPSA) is 106 Å². The molecule has 0 spiro atoms.